The summed E-state index contributed by atoms with van der Waals surface area (Å²) in [5.74, 6) is 2.12. The number of benzene rings is 1. The summed E-state index contributed by atoms with van der Waals surface area (Å²) in [5, 5.41) is 0.645. The predicted molar refractivity (Wildman–Crippen MR) is 110 cm³/mol. The van der Waals surface area contributed by atoms with Gasteiger partial charge in [0.05, 0.1) is 0 Å². The van der Waals surface area contributed by atoms with Crippen LogP contribution in [0.1, 0.15) is 36.8 Å². The van der Waals surface area contributed by atoms with Gasteiger partial charge < -0.3 is 9.80 Å². The van der Waals surface area contributed by atoms with Crippen LogP contribution in [0, 0.1) is 6.92 Å². The minimum absolute atomic E-state index is 0.0105. The lowest BCUT2D eigenvalue weighted by Gasteiger charge is -2.35. The Morgan fingerprint density at radius 3 is 2.52 bits per heavy atom. The normalized spacial score (nSPS) is 15.0. The molecule has 0 saturated carbocycles. The van der Waals surface area contributed by atoms with Crippen LogP contribution in [0.25, 0.3) is 6.08 Å². The topological polar surface area (TPSA) is 49.3 Å². The van der Waals surface area contributed by atoms with E-state index < -0.39 is 0 Å². The molecular weight excluding hydrogens is 360 g/mol. The molecule has 3 rings (SSSR count). The Bertz CT molecular complexity index is 842. The minimum atomic E-state index is 0.0105. The van der Waals surface area contributed by atoms with Crippen molar-refractivity contribution in [1.29, 1.82) is 0 Å². The summed E-state index contributed by atoms with van der Waals surface area (Å²) in [5.41, 5.74) is 1.83. The summed E-state index contributed by atoms with van der Waals surface area (Å²) in [6.45, 7) is 9.06. The number of piperazine rings is 1. The Morgan fingerprint density at radius 1 is 1.15 bits per heavy atom. The fraction of sp³-hybridized carbons (Fsp3) is 0.381. The second kappa shape index (κ2) is 8.53. The van der Waals surface area contributed by atoms with E-state index in [9.17, 15) is 4.79 Å². The van der Waals surface area contributed by atoms with Crippen molar-refractivity contribution >= 4 is 29.4 Å². The smallest absolute Gasteiger partial charge is 0.246 e. The van der Waals surface area contributed by atoms with E-state index in [1.165, 1.54) is 0 Å². The number of rotatable bonds is 4. The van der Waals surface area contributed by atoms with Gasteiger partial charge in [-0.05, 0) is 24.6 Å². The molecule has 1 aromatic heterocycles. The molecule has 1 aliphatic heterocycles. The molecule has 0 radical (unpaired) electrons. The molecule has 2 aromatic rings. The molecule has 2 heterocycles. The Labute approximate surface area is 165 Å². The van der Waals surface area contributed by atoms with Crippen LogP contribution >= 0.6 is 11.6 Å². The van der Waals surface area contributed by atoms with Gasteiger partial charge in [0, 0.05) is 55.0 Å². The van der Waals surface area contributed by atoms with Gasteiger partial charge in [0.15, 0.2) is 0 Å². The fourth-order valence-electron chi connectivity index (χ4n) is 3.03. The lowest BCUT2D eigenvalue weighted by molar-refractivity contribution is -0.126. The zero-order valence-electron chi connectivity index (χ0n) is 16.0. The van der Waals surface area contributed by atoms with E-state index in [0.717, 1.165) is 36.0 Å². The molecule has 1 fully saturated rings. The maximum absolute atomic E-state index is 12.5. The lowest BCUT2D eigenvalue weighted by Crippen LogP contribution is -2.48. The third kappa shape index (κ3) is 4.86. The van der Waals surface area contributed by atoms with Gasteiger partial charge >= 0.3 is 0 Å². The average molecular weight is 385 g/mol. The maximum Gasteiger partial charge on any atom is 0.246 e. The highest BCUT2D eigenvalue weighted by atomic mass is 35.5. The molecular formula is C21H25ClN4O. The molecule has 0 bridgehead atoms. The first-order valence-corrected chi connectivity index (χ1v) is 9.64. The largest absolute Gasteiger partial charge is 0.353 e. The van der Waals surface area contributed by atoms with Crippen LogP contribution < -0.4 is 4.90 Å². The Balaban J connectivity index is 1.62. The SMILES string of the molecule is Cc1cc(N2CCN(C(=O)C=Cc3ccccc3Cl)CC2)nc(C(C)C)n1. The number of amides is 1. The fourth-order valence-corrected chi connectivity index (χ4v) is 3.23. The van der Waals surface area contributed by atoms with E-state index in [1.807, 2.05) is 42.2 Å². The van der Waals surface area contributed by atoms with E-state index in [2.05, 4.69) is 23.7 Å². The van der Waals surface area contributed by atoms with Crippen LogP contribution in [-0.2, 0) is 4.79 Å². The number of anilines is 1. The molecule has 1 amide bonds. The Kier molecular flexibility index (Phi) is 6.11. The van der Waals surface area contributed by atoms with Crippen LogP contribution in [0.15, 0.2) is 36.4 Å². The van der Waals surface area contributed by atoms with E-state index in [-0.39, 0.29) is 5.91 Å². The van der Waals surface area contributed by atoms with Crippen molar-refractivity contribution in [3.63, 3.8) is 0 Å². The number of aryl methyl sites for hydroxylation is 1. The maximum atomic E-state index is 12.5. The highest BCUT2D eigenvalue weighted by molar-refractivity contribution is 6.32. The Hall–Kier alpha value is -2.40. The first-order valence-electron chi connectivity index (χ1n) is 9.26. The summed E-state index contributed by atoms with van der Waals surface area (Å²) in [6.07, 6.45) is 3.38. The van der Waals surface area contributed by atoms with Crippen molar-refractivity contribution in [2.24, 2.45) is 0 Å². The van der Waals surface area contributed by atoms with Crippen molar-refractivity contribution in [2.75, 3.05) is 31.1 Å². The number of halogens is 1. The molecule has 0 spiro atoms. The summed E-state index contributed by atoms with van der Waals surface area (Å²) in [6, 6.07) is 9.51. The summed E-state index contributed by atoms with van der Waals surface area (Å²) in [4.78, 5) is 25.8. The second-order valence-electron chi connectivity index (χ2n) is 7.05. The predicted octanol–water partition coefficient (Wildman–Crippen LogP) is 3.92. The average Bonchev–Trinajstić information content (AvgIpc) is 2.66. The van der Waals surface area contributed by atoms with Crippen molar-refractivity contribution in [3.05, 3.63) is 58.5 Å². The molecule has 6 heteroatoms. The number of hydrogen-bond donors (Lipinski definition) is 0. The van der Waals surface area contributed by atoms with Gasteiger partial charge in [-0.2, -0.15) is 0 Å². The second-order valence-corrected chi connectivity index (χ2v) is 7.45. The molecule has 0 atom stereocenters. The van der Waals surface area contributed by atoms with Crippen LogP contribution in [0.4, 0.5) is 5.82 Å². The van der Waals surface area contributed by atoms with Gasteiger partial charge in [-0.25, -0.2) is 9.97 Å². The zero-order valence-corrected chi connectivity index (χ0v) is 16.8. The number of hydrogen-bond acceptors (Lipinski definition) is 4. The molecule has 1 aliphatic rings. The van der Waals surface area contributed by atoms with Crippen LogP contribution in [-0.4, -0.2) is 47.0 Å². The molecule has 1 saturated heterocycles. The summed E-state index contributed by atoms with van der Waals surface area (Å²) >= 11 is 6.13. The number of carbonyl (C=O) groups is 1. The van der Waals surface area contributed by atoms with Crippen molar-refractivity contribution < 1.29 is 4.79 Å². The highest BCUT2D eigenvalue weighted by Gasteiger charge is 2.21. The quantitative estimate of drug-likeness (QED) is 0.749. The molecule has 0 unspecified atom stereocenters. The molecule has 27 heavy (non-hydrogen) atoms. The van der Waals surface area contributed by atoms with Crippen molar-refractivity contribution in [1.82, 2.24) is 14.9 Å². The van der Waals surface area contributed by atoms with E-state index in [1.54, 1.807) is 12.2 Å². The van der Waals surface area contributed by atoms with Gasteiger partial charge in [-0.3, -0.25) is 4.79 Å². The summed E-state index contributed by atoms with van der Waals surface area (Å²) < 4.78 is 0. The van der Waals surface area contributed by atoms with Gasteiger partial charge in [0.1, 0.15) is 11.6 Å². The van der Waals surface area contributed by atoms with Gasteiger partial charge in [0.2, 0.25) is 5.91 Å². The van der Waals surface area contributed by atoms with E-state index >= 15 is 0 Å². The van der Waals surface area contributed by atoms with E-state index in [4.69, 9.17) is 16.6 Å². The number of nitrogens with zero attached hydrogens (tertiary/aromatic N) is 4. The molecule has 5 nitrogen and oxygen atoms in total. The third-order valence-corrected chi connectivity index (χ3v) is 4.94. The van der Waals surface area contributed by atoms with Crippen LogP contribution in [0.3, 0.4) is 0 Å². The number of aromatic nitrogens is 2. The van der Waals surface area contributed by atoms with Crippen LogP contribution in [0.2, 0.25) is 5.02 Å². The van der Waals surface area contributed by atoms with Crippen LogP contribution in [0.5, 0.6) is 0 Å². The third-order valence-electron chi connectivity index (χ3n) is 4.60. The summed E-state index contributed by atoms with van der Waals surface area (Å²) in [7, 11) is 0. The standard InChI is InChI=1S/C21H25ClN4O/c1-15(2)21-23-16(3)14-19(24-21)25-10-12-26(13-11-25)20(27)9-8-17-6-4-5-7-18(17)22/h4-9,14-15H,10-13H2,1-3H3. The zero-order chi connectivity index (χ0) is 19.4. The highest BCUT2D eigenvalue weighted by Crippen LogP contribution is 2.19. The van der Waals surface area contributed by atoms with Crippen molar-refractivity contribution in [3.8, 4) is 0 Å². The van der Waals surface area contributed by atoms with Gasteiger partial charge in [-0.1, -0.05) is 43.6 Å². The van der Waals surface area contributed by atoms with Gasteiger partial charge in [-0.15, -0.1) is 0 Å². The van der Waals surface area contributed by atoms with Gasteiger partial charge in [0.25, 0.3) is 0 Å². The monoisotopic (exact) mass is 384 g/mol. The lowest BCUT2D eigenvalue weighted by atomic mass is 10.2. The molecule has 142 valence electrons. The molecule has 0 aliphatic carbocycles. The number of carbonyl (C=O) groups excluding carboxylic acids is 1. The Morgan fingerprint density at radius 2 is 1.85 bits per heavy atom. The molecule has 1 aromatic carbocycles. The van der Waals surface area contributed by atoms with Crippen molar-refractivity contribution in [2.45, 2.75) is 26.7 Å². The van der Waals surface area contributed by atoms with E-state index in [0.29, 0.717) is 24.0 Å². The first-order chi connectivity index (χ1) is 12.9. The minimum Gasteiger partial charge on any atom is -0.353 e. The first kappa shape index (κ1) is 19.4. The molecule has 0 N–H and O–H groups in total.